The number of aromatic carboxylic acids is 1. The van der Waals surface area contributed by atoms with Gasteiger partial charge in [0.05, 0.1) is 17.7 Å². The van der Waals surface area contributed by atoms with Crippen LogP contribution in [0.4, 0.5) is 13.2 Å². The molecule has 2 N–H and O–H groups in total. The zero-order chi connectivity index (χ0) is 19.6. The lowest BCUT2D eigenvalue weighted by molar-refractivity contribution is -0.163. The number of alkyl halides is 3. The highest BCUT2D eigenvalue weighted by Crippen LogP contribution is 2.35. The highest BCUT2D eigenvalue weighted by Gasteiger charge is 2.44. The van der Waals surface area contributed by atoms with Crippen molar-refractivity contribution in [3.63, 3.8) is 0 Å². The fraction of sp³-hybridized carbons (Fsp3) is 0.353. The average Bonchev–Trinajstić information content (AvgIpc) is 2.77. The quantitative estimate of drug-likeness (QED) is 0.849. The van der Waals surface area contributed by atoms with Gasteiger partial charge < -0.3 is 10.4 Å². The molecule has 0 aliphatic carbocycles. The van der Waals surface area contributed by atoms with E-state index in [0.29, 0.717) is 11.3 Å². The fourth-order valence-electron chi connectivity index (χ4n) is 2.69. The summed E-state index contributed by atoms with van der Waals surface area (Å²) >= 11 is 0. The summed E-state index contributed by atoms with van der Waals surface area (Å²) in [7, 11) is 1.53. The van der Waals surface area contributed by atoms with E-state index in [2.05, 4.69) is 5.10 Å². The van der Waals surface area contributed by atoms with E-state index in [1.54, 1.807) is 0 Å². The van der Waals surface area contributed by atoms with Gasteiger partial charge in [0.1, 0.15) is 0 Å². The lowest BCUT2D eigenvalue weighted by Crippen LogP contribution is -2.39. The minimum absolute atomic E-state index is 0.0314. The second-order valence-electron chi connectivity index (χ2n) is 5.93. The van der Waals surface area contributed by atoms with Gasteiger partial charge in [-0.1, -0.05) is 12.1 Å². The third-order valence-corrected chi connectivity index (χ3v) is 4.05. The second kappa shape index (κ2) is 7.19. The molecule has 0 saturated heterocycles. The van der Waals surface area contributed by atoms with Gasteiger partial charge in [0.25, 0.3) is 0 Å². The first-order valence-corrected chi connectivity index (χ1v) is 7.69. The third-order valence-electron chi connectivity index (χ3n) is 4.05. The van der Waals surface area contributed by atoms with Crippen LogP contribution in [0.15, 0.2) is 24.3 Å². The molecule has 0 aliphatic heterocycles. The zero-order valence-corrected chi connectivity index (χ0v) is 14.4. The monoisotopic (exact) mass is 369 g/mol. The topological polar surface area (TPSA) is 84.2 Å². The Morgan fingerprint density at radius 2 is 1.81 bits per heavy atom. The molecule has 1 aromatic carbocycles. The first-order valence-electron chi connectivity index (χ1n) is 7.69. The number of carbonyl (C=O) groups is 2. The number of halogens is 3. The molecule has 140 valence electrons. The molecule has 0 fully saturated rings. The highest BCUT2D eigenvalue weighted by atomic mass is 19.4. The SMILES string of the molecule is Cc1nn(C)c(C)c1C(NC(=O)Cc1ccc(C(=O)O)cc1)C(F)(F)F. The van der Waals surface area contributed by atoms with Crippen molar-refractivity contribution in [3.05, 3.63) is 52.3 Å². The van der Waals surface area contributed by atoms with Gasteiger partial charge in [-0.05, 0) is 31.5 Å². The Morgan fingerprint density at radius 1 is 1.23 bits per heavy atom. The molecule has 0 spiro atoms. The summed E-state index contributed by atoms with van der Waals surface area (Å²) < 4.78 is 41.8. The van der Waals surface area contributed by atoms with Gasteiger partial charge in [-0.3, -0.25) is 9.48 Å². The van der Waals surface area contributed by atoms with Crippen molar-refractivity contribution < 1.29 is 27.9 Å². The Bertz CT molecular complexity index is 826. The van der Waals surface area contributed by atoms with Crippen LogP contribution in [0.3, 0.4) is 0 Å². The lowest BCUT2D eigenvalue weighted by atomic mass is 10.0. The van der Waals surface area contributed by atoms with Gasteiger partial charge in [-0.2, -0.15) is 18.3 Å². The van der Waals surface area contributed by atoms with Crippen molar-refractivity contribution >= 4 is 11.9 Å². The summed E-state index contributed by atoms with van der Waals surface area (Å²) in [6.07, 6.45) is -4.98. The summed E-state index contributed by atoms with van der Waals surface area (Å²) in [5, 5.41) is 14.8. The summed E-state index contributed by atoms with van der Waals surface area (Å²) in [5.74, 6) is -1.95. The molecule has 1 aromatic heterocycles. The van der Waals surface area contributed by atoms with E-state index >= 15 is 0 Å². The Kier molecular flexibility index (Phi) is 5.38. The first kappa shape index (κ1) is 19.5. The number of carbonyl (C=O) groups excluding carboxylic acids is 1. The van der Waals surface area contributed by atoms with E-state index in [0.717, 1.165) is 0 Å². The van der Waals surface area contributed by atoms with Crippen LogP contribution in [0.2, 0.25) is 0 Å². The number of aryl methyl sites for hydroxylation is 2. The van der Waals surface area contributed by atoms with Crippen LogP contribution < -0.4 is 5.32 Å². The molecule has 0 radical (unpaired) electrons. The van der Waals surface area contributed by atoms with Crippen LogP contribution in [0.1, 0.15) is 38.9 Å². The van der Waals surface area contributed by atoms with Gasteiger partial charge in [0, 0.05) is 18.3 Å². The summed E-state index contributed by atoms with van der Waals surface area (Å²) in [6.45, 7) is 2.96. The predicted molar refractivity (Wildman–Crippen MR) is 86.7 cm³/mol. The highest BCUT2D eigenvalue weighted by molar-refractivity contribution is 5.87. The maximum atomic E-state index is 13.5. The molecule has 1 atom stereocenters. The van der Waals surface area contributed by atoms with Crippen LogP contribution in [0.25, 0.3) is 0 Å². The molecule has 2 rings (SSSR count). The minimum atomic E-state index is -4.68. The van der Waals surface area contributed by atoms with Crippen molar-refractivity contribution in [1.29, 1.82) is 0 Å². The van der Waals surface area contributed by atoms with Gasteiger partial charge >= 0.3 is 12.1 Å². The van der Waals surface area contributed by atoms with E-state index in [1.165, 1.54) is 49.8 Å². The van der Waals surface area contributed by atoms with E-state index in [-0.39, 0.29) is 23.2 Å². The van der Waals surface area contributed by atoms with Crippen molar-refractivity contribution in [3.8, 4) is 0 Å². The van der Waals surface area contributed by atoms with E-state index in [1.807, 2.05) is 5.32 Å². The van der Waals surface area contributed by atoms with E-state index in [9.17, 15) is 22.8 Å². The number of rotatable bonds is 5. The number of benzene rings is 1. The average molecular weight is 369 g/mol. The molecule has 0 saturated carbocycles. The van der Waals surface area contributed by atoms with Gasteiger partial charge in [0.15, 0.2) is 6.04 Å². The molecule has 6 nitrogen and oxygen atoms in total. The second-order valence-corrected chi connectivity index (χ2v) is 5.93. The Labute approximate surface area is 147 Å². The molecular formula is C17H18F3N3O3. The van der Waals surface area contributed by atoms with Crippen molar-refractivity contribution in [2.24, 2.45) is 7.05 Å². The zero-order valence-electron chi connectivity index (χ0n) is 14.4. The molecular weight excluding hydrogens is 351 g/mol. The van der Waals surface area contributed by atoms with Crippen LogP contribution in [0, 0.1) is 13.8 Å². The lowest BCUT2D eigenvalue weighted by Gasteiger charge is -2.22. The number of carboxylic acids is 1. The Morgan fingerprint density at radius 3 is 2.23 bits per heavy atom. The minimum Gasteiger partial charge on any atom is -0.478 e. The number of nitrogens with one attached hydrogen (secondary N) is 1. The first-order chi connectivity index (χ1) is 12.0. The molecule has 1 heterocycles. The molecule has 26 heavy (non-hydrogen) atoms. The van der Waals surface area contributed by atoms with Crippen molar-refractivity contribution in [2.75, 3.05) is 0 Å². The Hall–Kier alpha value is -2.84. The van der Waals surface area contributed by atoms with E-state index < -0.39 is 24.1 Å². The van der Waals surface area contributed by atoms with E-state index in [4.69, 9.17) is 5.11 Å². The molecule has 9 heteroatoms. The number of carboxylic acid groups (broad SMARTS) is 1. The molecule has 1 unspecified atom stereocenters. The maximum Gasteiger partial charge on any atom is 0.413 e. The number of hydrogen-bond acceptors (Lipinski definition) is 3. The number of aromatic nitrogens is 2. The third kappa shape index (κ3) is 4.22. The smallest absolute Gasteiger partial charge is 0.413 e. The Balaban J connectivity index is 2.21. The van der Waals surface area contributed by atoms with Gasteiger partial charge in [-0.25, -0.2) is 4.79 Å². The van der Waals surface area contributed by atoms with Gasteiger partial charge in [-0.15, -0.1) is 0 Å². The molecule has 0 aliphatic rings. The van der Waals surface area contributed by atoms with Crippen LogP contribution in [-0.2, 0) is 18.3 Å². The summed E-state index contributed by atoms with van der Waals surface area (Å²) in [4.78, 5) is 22.9. The fourth-order valence-corrected chi connectivity index (χ4v) is 2.69. The predicted octanol–water partition coefficient (Wildman–Crippen LogP) is 2.70. The maximum absolute atomic E-state index is 13.5. The number of amides is 1. The normalized spacial score (nSPS) is 12.7. The van der Waals surface area contributed by atoms with Crippen LogP contribution >= 0.6 is 0 Å². The molecule has 0 bridgehead atoms. The molecule has 2 aromatic rings. The van der Waals surface area contributed by atoms with Crippen LogP contribution in [0.5, 0.6) is 0 Å². The summed E-state index contributed by atoms with van der Waals surface area (Å²) in [6, 6.07) is 3.21. The van der Waals surface area contributed by atoms with Crippen molar-refractivity contribution in [2.45, 2.75) is 32.5 Å². The largest absolute Gasteiger partial charge is 0.478 e. The van der Waals surface area contributed by atoms with Crippen LogP contribution in [-0.4, -0.2) is 32.9 Å². The van der Waals surface area contributed by atoms with Gasteiger partial charge in [0.2, 0.25) is 5.91 Å². The number of hydrogen-bond donors (Lipinski definition) is 2. The summed E-state index contributed by atoms with van der Waals surface area (Å²) in [5.41, 5.74) is 0.876. The standard InChI is InChI=1S/C17H18F3N3O3/c1-9-14(10(2)23(3)22-9)15(17(18,19)20)21-13(24)8-11-4-6-12(7-5-11)16(25)26/h4-7,15H,8H2,1-3H3,(H,21,24)(H,25,26). The van der Waals surface area contributed by atoms with Crippen molar-refractivity contribution in [1.82, 2.24) is 15.1 Å². The molecule has 1 amide bonds. The number of nitrogens with zero attached hydrogens (tertiary/aromatic N) is 2.